The molecule has 0 aliphatic carbocycles. The topological polar surface area (TPSA) is 29.1 Å². The van der Waals surface area contributed by atoms with E-state index in [0.29, 0.717) is 22.3 Å². The summed E-state index contributed by atoms with van der Waals surface area (Å²) in [5.41, 5.74) is 1.34. The summed E-state index contributed by atoms with van der Waals surface area (Å²) in [7, 11) is 0. The van der Waals surface area contributed by atoms with Gasteiger partial charge in [-0.1, -0.05) is 23.9 Å². The highest BCUT2D eigenvalue weighted by atomic mass is 32.2. The first kappa shape index (κ1) is 14.0. The number of thioether (sulfide) groups is 1. The smallest absolute Gasteiger partial charge is 0.288 e. The SMILES string of the molecule is O=C(Cc1ccsc1)Nc1ccccc1SC(F)F. The number of alkyl halides is 2. The van der Waals surface area contributed by atoms with Gasteiger partial charge in [0.15, 0.2) is 0 Å². The van der Waals surface area contributed by atoms with Crippen LogP contribution in [0, 0.1) is 0 Å². The molecule has 2 rings (SSSR count). The number of anilines is 1. The number of amides is 1. The molecule has 1 aromatic carbocycles. The van der Waals surface area contributed by atoms with Gasteiger partial charge in [0.2, 0.25) is 5.91 Å². The van der Waals surface area contributed by atoms with Crippen LogP contribution in [0.2, 0.25) is 0 Å². The van der Waals surface area contributed by atoms with E-state index in [9.17, 15) is 13.6 Å². The molecule has 0 fully saturated rings. The minimum Gasteiger partial charge on any atom is -0.325 e. The van der Waals surface area contributed by atoms with Crippen molar-refractivity contribution in [2.24, 2.45) is 0 Å². The molecule has 2 aromatic rings. The number of para-hydroxylation sites is 1. The van der Waals surface area contributed by atoms with Gasteiger partial charge in [0.25, 0.3) is 5.76 Å². The minimum absolute atomic E-state index is 0.208. The predicted molar refractivity (Wildman–Crippen MR) is 75.0 cm³/mol. The van der Waals surface area contributed by atoms with Crippen molar-refractivity contribution < 1.29 is 13.6 Å². The van der Waals surface area contributed by atoms with Crippen LogP contribution in [-0.2, 0) is 11.2 Å². The van der Waals surface area contributed by atoms with Gasteiger partial charge in [-0.15, -0.1) is 0 Å². The molecule has 6 heteroatoms. The zero-order valence-corrected chi connectivity index (χ0v) is 11.4. The van der Waals surface area contributed by atoms with Crippen molar-refractivity contribution in [3.8, 4) is 0 Å². The highest BCUT2D eigenvalue weighted by Crippen LogP contribution is 2.31. The summed E-state index contributed by atoms with van der Waals surface area (Å²) in [6, 6.07) is 8.42. The molecule has 0 bridgehead atoms. The summed E-state index contributed by atoms with van der Waals surface area (Å²) in [6.07, 6.45) is 0.247. The fourth-order valence-electron chi connectivity index (χ4n) is 1.54. The molecule has 19 heavy (non-hydrogen) atoms. The first-order valence-corrected chi connectivity index (χ1v) is 7.32. The highest BCUT2D eigenvalue weighted by Gasteiger charge is 2.12. The van der Waals surface area contributed by atoms with E-state index in [1.54, 1.807) is 24.3 Å². The molecule has 1 heterocycles. The molecule has 0 saturated carbocycles. The lowest BCUT2D eigenvalue weighted by Gasteiger charge is -2.09. The monoisotopic (exact) mass is 299 g/mol. The molecule has 0 aliphatic heterocycles. The van der Waals surface area contributed by atoms with Gasteiger partial charge < -0.3 is 5.32 Å². The normalized spacial score (nSPS) is 10.7. The van der Waals surface area contributed by atoms with E-state index in [0.717, 1.165) is 5.56 Å². The molecule has 0 unspecified atom stereocenters. The Balaban J connectivity index is 2.04. The second-order valence-electron chi connectivity index (χ2n) is 3.73. The number of thiophene rings is 1. The third-order valence-electron chi connectivity index (χ3n) is 2.32. The van der Waals surface area contributed by atoms with Crippen molar-refractivity contribution in [1.29, 1.82) is 0 Å². The van der Waals surface area contributed by atoms with Crippen LogP contribution in [0.15, 0.2) is 46.0 Å². The fraction of sp³-hybridized carbons (Fsp3) is 0.154. The summed E-state index contributed by atoms with van der Waals surface area (Å²) in [5, 5.41) is 6.45. The number of halogens is 2. The lowest BCUT2D eigenvalue weighted by molar-refractivity contribution is -0.115. The van der Waals surface area contributed by atoms with Crippen LogP contribution in [0.25, 0.3) is 0 Å². The Kier molecular flexibility index (Phi) is 4.93. The number of carbonyl (C=O) groups excluding carboxylic acids is 1. The Morgan fingerprint density at radius 2 is 2.11 bits per heavy atom. The average molecular weight is 299 g/mol. The second-order valence-corrected chi connectivity index (χ2v) is 5.54. The number of nitrogens with one attached hydrogen (secondary N) is 1. The van der Waals surface area contributed by atoms with Gasteiger partial charge in [-0.25, -0.2) is 0 Å². The van der Waals surface area contributed by atoms with Gasteiger partial charge in [-0.05, 0) is 34.5 Å². The maximum absolute atomic E-state index is 12.4. The number of hydrogen-bond acceptors (Lipinski definition) is 3. The van der Waals surface area contributed by atoms with Gasteiger partial charge in [0, 0.05) is 4.90 Å². The van der Waals surface area contributed by atoms with Crippen LogP contribution in [0.4, 0.5) is 14.5 Å². The van der Waals surface area contributed by atoms with E-state index in [4.69, 9.17) is 0 Å². The number of hydrogen-bond donors (Lipinski definition) is 1. The van der Waals surface area contributed by atoms with Crippen LogP contribution in [0.3, 0.4) is 0 Å². The number of carbonyl (C=O) groups is 1. The zero-order valence-electron chi connectivity index (χ0n) is 9.81. The van der Waals surface area contributed by atoms with E-state index in [-0.39, 0.29) is 12.3 Å². The van der Waals surface area contributed by atoms with Crippen molar-refractivity contribution in [2.75, 3.05) is 5.32 Å². The van der Waals surface area contributed by atoms with Crippen LogP contribution in [-0.4, -0.2) is 11.7 Å². The lowest BCUT2D eigenvalue weighted by atomic mass is 10.2. The van der Waals surface area contributed by atoms with Crippen molar-refractivity contribution in [3.63, 3.8) is 0 Å². The Morgan fingerprint density at radius 3 is 2.79 bits per heavy atom. The minimum atomic E-state index is -2.50. The molecular formula is C13H11F2NOS2. The molecule has 0 saturated heterocycles. The molecule has 0 radical (unpaired) electrons. The largest absolute Gasteiger partial charge is 0.325 e. The third kappa shape index (κ3) is 4.33. The van der Waals surface area contributed by atoms with Crippen LogP contribution in [0.5, 0.6) is 0 Å². The van der Waals surface area contributed by atoms with Crippen molar-refractivity contribution in [2.45, 2.75) is 17.1 Å². The van der Waals surface area contributed by atoms with Crippen molar-refractivity contribution in [3.05, 3.63) is 46.7 Å². The van der Waals surface area contributed by atoms with Crippen LogP contribution < -0.4 is 5.32 Å². The first-order chi connectivity index (χ1) is 9.15. The standard InChI is InChI=1S/C13H11F2NOS2/c14-13(15)19-11-4-2-1-3-10(11)16-12(17)7-9-5-6-18-8-9/h1-6,8,13H,7H2,(H,16,17). The van der Waals surface area contributed by atoms with E-state index >= 15 is 0 Å². The molecule has 0 aliphatic rings. The summed E-state index contributed by atoms with van der Waals surface area (Å²) < 4.78 is 24.8. The van der Waals surface area contributed by atoms with Gasteiger partial charge in [0.05, 0.1) is 12.1 Å². The average Bonchev–Trinajstić information content (AvgIpc) is 2.83. The first-order valence-electron chi connectivity index (χ1n) is 5.50. The molecule has 1 amide bonds. The maximum Gasteiger partial charge on any atom is 0.288 e. The summed E-state index contributed by atoms with van der Waals surface area (Å²) >= 11 is 1.95. The molecular weight excluding hydrogens is 288 g/mol. The van der Waals surface area contributed by atoms with Crippen LogP contribution >= 0.6 is 23.1 Å². The third-order valence-corrected chi connectivity index (χ3v) is 3.84. The van der Waals surface area contributed by atoms with Gasteiger partial charge in [0.1, 0.15) is 0 Å². The van der Waals surface area contributed by atoms with E-state index < -0.39 is 5.76 Å². The number of benzene rings is 1. The Bertz CT molecular complexity index is 543. The summed E-state index contributed by atoms with van der Waals surface area (Å²) in [6.45, 7) is 0. The van der Waals surface area contributed by atoms with Crippen molar-refractivity contribution in [1.82, 2.24) is 0 Å². The highest BCUT2D eigenvalue weighted by molar-refractivity contribution is 7.99. The Hall–Kier alpha value is -1.40. The van der Waals surface area contributed by atoms with Gasteiger partial charge in [-0.2, -0.15) is 20.1 Å². The maximum atomic E-state index is 12.4. The number of rotatable bonds is 5. The molecule has 0 atom stereocenters. The van der Waals surface area contributed by atoms with E-state index in [1.165, 1.54) is 11.3 Å². The fourth-order valence-corrected chi connectivity index (χ4v) is 2.81. The predicted octanol–water partition coefficient (Wildman–Crippen LogP) is 4.24. The van der Waals surface area contributed by atoms with E-state index in [1.807, 2.05) is 16.8 Å². The zero-order chi connectivity index (χ0) is 13.7. The van der Waals surface area contributed by atoms with Gasteiger partial charge >= 0.3 is 0 Å². The second kappa shape index (κ2) is 6.68. The molecule has 1 N–H and O–H groups in total. The van der Waals surface area contributed by atoms with E-state index in [2.05, 4.69) is 5.32 Å². The molecule has 2 nitrogen and oxygen atoms in total. The van der Waals surface area contributed by atoms with Crippen molar-refractivity contribution >= 4 is 34.7 Å². The quantitative estimate of drug-likeness (QED) is 0.837. The summed E-state index contributed by atoms with van der Waals surface area (Å²) in [4.78, 5) is 12.2. The van der Waals surface area contributed by atoms with Gasteiger partial charge in [-0.3, -0.25) is 4.79 Å². The molecule has 0 spiro atoms. The molecule has 100 valence electrons. The Morgan fingerprint density at radius 1 is 1.32 bits per heavy atom. The van der Waals surface area contributed by atoms with Crippen LogP contribution in [0.1, 0.15) is 5.56 Å². The Labute approximate surface area is 117 Å². The molecule has 1 aromatic heterocycles. The summed E-state index contributed by atoms with van der Waals surface area (Å²) in [5.74, 6) is -2.71. The lowest BCUT2D eigenvalue weighted by Crippen LogP contribution is -2.14.